The van der Waals surface area contributed by atoms with E-state index in [-0.39, 0.29) is 5.91 Å². The first kappa shape index (κ1) is 18.7. The molecular weight excluding hydrogens is 362 g/mol. The minimum atomic E-state index is -0.190. The van der Waals surface area contributed by atoms with Gasteiger partial charge in [-0.2, -0.15) is 5.10 Å². The maximum absolute atomic E-state index is 13.1. The summed E-state index contributed by atoms with van der Waals surface area (Å²) >= 11 is 0. The number of nitrogens with zero attached hydrogens (tertiary/aromatic N) is 4. The van der Waals surface area contributed by atoms with Gasteiger partial charge in [-0.3, -0.25) is 9.78 Å². The first-order valence-electron chi connectivity index (χ1n) is 9.50. The van der Waals surface area contributed by atoms with Crippen LogP contribution in [0.15, 0.2) is 67.0 Å². The third-order valence-electron chi connectivity index (χ3n) is 4.90. The Labute approximate surface area is 169 Å². The molecule has 6 nitrogen and oxygen atoms in total. The van der Waals surface area contributed by atoms with Gasteiger partial charge in [-0.05, 0) is 61.4 Å². The van der Waals surface area contributed by atoms with Gasteiger partial charge in [-0.1, -0.05) is 18.2 Å². The van der Waals surface area contributed by atoms with Crippen LogP contribution in [0.3, 0.4) is 0 Å². The van der Waals surface area contributed by atoms with Crippen molar-refractivity contribution in [3.63, 3.8) is 0 Å². The molecule has 0 aliphatic carbocycles. The number of carbonyl (C=O) groups excluding carboxylic acids is 1. The topological polar surface area (TPSA) is 64.7 Å². The Morgan fingerprint density at radius 2 is 1.93 bits per heavy atom. The Balaban J connectivity index is 1.74. The van der Waals surface area contributed by atoms with Crippen LogP contribution < -0.4 is 5.32 Å². The highest BCUT2D eigenvalue weighted by molar-refractivity contribution is 5.94. The van der Waals surface area contributed by atoms with Gasteiger partial charge in [0.05, 0.1) is 23.6 Å². The lowest BCUT2D eigenvalue weighted by Gasteiger charge is -2.11. The zero-order valence-electron chi connectivity index (χ0n) is 16.8. The van der Waals surface area contributed by atoms with E-state index in [1.54, 1.807) is 10.9 Å². The van der Waals surface area contributed by atoms with Crippen LogP contribution in [-0.4, -0.2) is 25.2 Å². The molecule has 29 heavy (non-hydrogen) atoms. The predicted molar refractivity (Wildman–Crippen MR) is 113 cm³/mol. The molecule has 3 aromatic heterocycles. The number of hydrogen-bond acceptors (Lipinski definition) is 3. The van der Waals surface area contributed by atoms with Crippen LogP contribution >= 0.6 is 0 Å². The highest BCUT2D eigenvalue weighted by atomic mass is 16.2. The molecule has 3 heterocycles. The Hall–Kier alpha value is -3.67. The predicted octanol–water partition coefficient (Wildman–Crippen LogP) is 3.82. The van der Waals surface area contributed by atoms with Gasteiger partial charge in [0.2, 0.25) is 0 Å². The quantitative estimate of drug-likeness (QED) is 0.568. The lowest BCUT2D eigenvalue weighted by atomic mass is 10.1. The fraction of sp³-hybridized carbons (Fsp3) is 0.174. The second-order valence-electron chi connectivity index (χ2n) is 7.12. The number of rotatable bonds is 5. The SMILES string of the molecule is Cc1ccc(C)c(-n2nc(-c3cccn3C)cc2C(=O)NCc2ccccn2)c1. The molecule has 0 spiro atoms. The van der Waals surface area contributed by atoms with Gasteiger partial charge in [0.25, 0.3) is 5.91 Å². The number of hydrogen-bond donors (Lipinski definition) is 1. The first-order valence-corrected chi connectivity index (χ1v) is 9.50. The largest absolute Gasteiger partial charge is 0.349 e. The van der Waals surface area contributed by atoms with E-state index in [1.165, 1.54) is 0 Å². The summed E-state index contributed by atoms with van der Waals surface area (Å²) in [5.74, 6) is -0.190. The zero-order valence-corrected chi connectivity index (χ0v) is 16.8. The number of aryl methyl sites for hydroxylation is 3. The van der Waals surface area contributed by atoms with Crippen LogP contribution in [0.5, 0.6) is 0 Å². The third kappa shape index (κ3) is 3.82. The molecule has 0 fully saturated rings. The minimum Gasteiger partial charge on any atom is -0.349 e. The molecule has 4 aromatic rings. The molecule has 0 bridgehead atoms. The maximum atomic E-state index is 13.1. The minimum absolute atomic E-state index is 0.190. The molecule has 0 aliphatic rings. The lowest BCUT2D eigenvalue weighted by molar-refractivity contribution is 0.0942. The third-order valence-corrected chi connectivity index (χ3v) is 4.90. The van der Waals surface area contributed by atoms with Crippen molar-refractivity contribution in [2.24, 2.45) is 7.05 Å². The van der Waals surface area contributed by atoms with Crippen molar-refractivity contribution in [2.75, 3.05) is 0 Å². The van der Waals surface area contributed by atoms with Gasteiger partial charge >= 0.3 is 0 Å². The van der Waals surface area contributed by atoms with Crippen LogP contribution in [0.25, 0.3) is 17.1 Å². The van der Waals surface area contributed by atoms with E-state index in [0.717, 1.165) is 33.9 Å². The monoisotopic (exact) mass is 385 g/mol. The van der Waals surface area contributed by atoms with Crippen LogP contribution in [0.4, 0.5) is 0 Å². The summed E-state index contributed by atoms with van der Waals surface area (Å²) in [6.45, 7) is 4.41. The van der Waals surface area contributed by atoms with Crippen LogP contribution in [0, 0.1) is 13.8 Å². The fourth-order valence-corrected chi connectivity index (χ4v) is 3.29. The van der Waals surface area contributed by atoms with Crippen molar-refractivity contribution >= 4 is 5.91 Å². The van der Waals surface area contributed by atoms with E-state index in [1.807, 2.05) is 80.2 Å². The van der Waals surface area contributed by atoms with Crippen molar-refractivity contribution in [3.8, 4) is 17.1 Å². The molecule has 0 atom stereocenters. The highest BCUT2D eigenvalue weighted by Crippen LogP contribution is 2.24. The summed E-state index contributed by atoms with van der Waals surface area (Å²) < 4.78 is 3.73. The molecular formula is C23H23N5O. The number of aromatic nitrogens is 4. The van der Waals surface area contributed by atoms with E-state index < -0.39 is 0 Å². The van der Waals surface area contributed by atoms with Gasteiger partial charge < -0.3 is 9.88 Å². The van der Waals surface area contributed by atoms with Crippen LogP contribution in [0.2, 0.25) is 0 Å². The van der Waals surface area contributed by atoms with Crippen molar-refractivity contribution in [1.82, 2.24) is 24.6 Å². The molecule has 1 aromatic carbocycles. The van der Waals surface area contributed by atoms with E-state index in [9.17, 15) is 4.79 Å². The van der Waals surface area contributed by atoms with Crippen LogP contribution in [-0.2, 0) is 13.6 Å². The Morgan fingerprint density at radius 3 is 2.66 bits per heavy atom. The summed E-state index contributed by atoms with van der Waals surface area (Å²) in [4.78, 5) is 17.3. The first-order chi connectivity index (χ1) is 14.0. The van der Waals surface area contributed by atoms with Gasteiger partial charge in [-0.25, -0.2) is 4.68 Å². The van der Waals surface area contributed by atoms with Gasteiger partial charge in [0.1, 0.15) is 11.4 Å². The summed E-state index contributed by atoms with van der Waals surface area (Å²) in [7, 11) is 1.97. The molecule has 4 rings (SSSR count). The summed E-state index contributed by atoms with van der Waals surface area (Å²) in [6.07, 6.45) is 3.68. The Kier molecular flexibility index (Phi) is 4.99. The second kappa shape index (κ2) is 7.75. The Morgan fingerprint density at radius 1 is 1.07 bits per heavy atom. The molecule has 146 valence electrons. The van der Waals surface area contributed by atoms with E-state index >= 15 is 0 Å². The average molecular weight is 385 g/mol. The maximum Gasteiger partial charge on any atom is 0.270 e. The fourth-order valence-electron chi connectivity index (χ4n) is 3.29. The Bertz CT molecular complexity index is 1160. The van der Waals surface area contributed by atoms with Crippen molar-refractivity contribution in [1.29, 1.82) is 0 Å². The molecule has 1 amide bonds. The molecule has 0 aliphatic heterocycles. The van der Waals surface area contributed by atoms with E-state index in [2.05, 4.69) is 16.4 Å². The standard InChI is InChI=1S/C23H23N5O/c1-16-9-10-17(2)21(13-16)28-22(14-19(26-28)20-8-6-12-27(20)3)23(29)25-15-18-7-4-5-11-24-18/h4-14H,15H2,1-3H3,(H,25,29). The smallest absolute Gasteiger partial charge is 0.270 e. The highest BCUT2D eigenvalue weighted by Gasteiger charge is 2.19. The van der Waals surface area contributed by atoms with Crippen LogP contribution in [0.1, 0.15) is 27.3 Å². The molecule has 0 saturated carbocycles. The zero-order chi connectivity index (χ0) is 20.4. The van der Waals surface area contributed by atoms with Crippen molar-refractivity contribution < 1.29 is 4.79 Å². The summed E-state index contributed by atoms with van der Waals surface area (Å²) in [5.41, 5.74) is 6.06. The van der Waals surface area contributed by atoms with Crippen molar-refractivity contribution in [2.45, 2.75) is 20.4 Å². The van der Waals surface area contributed by atoms with E-state index in [4.69, 9.17) is 5.10 Å². The van der Waals surface area contributed by atoms with E-state index in [0.29, 0.717) is 12.2 Å². The normalized spacial score (nSPS) is 10.9. The molecule has 1 N–H and O–H groups in total. The summed E-state index contributed by atoms with van der Waals surface area (Å²) in [5, 5.41) is 7.74. The van der Waals surface area contributed by atoms with Gasteiger partial charge in [-0.15, -0.1) is 0 Å². The molecule has 0 saturated heterocycles. The second-order valence-corrected chi connectivity index (χ2v) is 7.12. The molecule has 6 heteroatoms. The number of amides is 1. The number of carbonyl (C=O) groups is 1. The number of benzene rings is 1. The molecule has 0 unspecified atom stereocenters. The molecule has 0 radical (unpaired) electrons. The lowest BCUT2D eigenvalue weighted by Crippen LogP contribution is -2.26. The number of nitrogens with one attached hydrogen (secondary N) is 1. The van der Waals surface area contributed by atoms with Gasteiger partial charge in [0, 0.05) is 19.4 Å². The van der Waals surface area contributed by atoms with Crippen molar-refractivity contribution in [3.05, 3.63) is 89.5 Å². The average Bonchev–Trinajstić information content (AvgIpc) is 3.35. The number of pyridine rings is 1. The van der Waals surface area contributed by atoms with Gasteiger partial charge in [0.15, 0.2) is 0 Å². The summed E-state index contributed by atoms with van der Waals surface area (Å²) in [6, 6.07) is 17.6.